The summed E-state index contributed by atoms with van der Waals surface area (Å²) in [6.07, 6.45) is 11.8. The van der Waals surface area contributed by atoms with Crippen LogP contribution in [0.2, 0.25) is 0 Å². The van der Waals surface area contributed by atoms with E-state index in [-0.39, 0.29) is 5.97 Å². The zero-order chi connectivity index (χ0) is 17.7. The molecule has 0 saturated heterocycles. The summed E-state index contributed by atoms with van der Waals surface area (Å²) >= 11 is 0. The first kappa shape index (κ1) is 17.3. The van der Waals surface area contributed by atoms with Crippen molar-refractivity contribution in [2.75, 3.05) is 0 Å². The first-order chi connectivity index (χ1) is 12.2. The summed E-state index contributed by atoms with van der Waals surface area (Å²) < 4.78 is 5.93. The number of unbranched alkanes of at least 4 members (excludes halogenated alkanes) is 4. The zero-order valence-electron chi connectivity index (χ0n) is 14.8. The van der Waals surface area contributed by atoms with Gasteiger partial charge in [0.05, 0.1) is 0 Å². The van der Waals surface area contributed by atoms with Crippen LogP contribution in [0.5, 0.6) is 0 Å². The normalized spacial score (nSPS) is 13.6. The van der Waals surface area contributed by atoms with E-state index in [1.54, 1.807) is 0 Å². The number of hydrogen-bond donors (Lipinski definition) is 0. The topological polar surface area (TPSA) is 26.3 Å². The molecule has 0 atom stereocenters. The van der Waals surface area contributed by atoms with Crippen molar-refractivity contribution in [1.82, 2.24) is 0 Å². The van der Waals surface area contributed by atoms with E-state index >= 15 is 0 Å². The number of carbonyl (C=O) groups excluding carboxylic acids is 1. The quantitative estimate of drug-likeness (QED) is 0.383. The van der Waals surface area contributed by atoms with Gasteiger partial charge in [-0.3, -0.25) is 4.79 Å². The predicted molar refractivity (Wildman–Crippen MR) is 101 cm³/mol. The molecular weight excluding hydrogens is 308 g/mol. The van der Waals surface area contributed by atoms with Crippen LogP contribution >= 0.6 is 0 Å². The van der Waals surface area contributed by atoms with Gasteiger partial charge in [-0.15, -0.1) is 6.42 Å². The lowest BCUT2D eigenvalue weighted by Crippen LogP contribution is -2.30. The molecule has 0 saturated carbocycles. The van der Waals surface area contributed by atoms with Gasteiger partial charge in [-0.2, -0.15) is 0 Å². The highest BCUT2D eigenvalue weighted by molar-refractivity contribution is 5.84. The first-order valence-corrected chi connectivity index (χ1v) is 9.12. The lowest BCUT2D eigenvalue weighted by molar-refractivity contribution is -0.152. The van der Waals surface area contributed by atoms with Gasteiger partial charge in [0, 0.05) is 17.5 Å². The molecule has 128 valence electrons. The van der Waals surface area contributed by atoms with E-state index < -0.39 is 5.60 Å². The summed E-state index contributed by atoms with van der Waals surface area (Å²) in [6.45, 7) is 2.18. The van der Waals surface area contributed by atoms with E-state index in [0.717, 1.165) is 41.5 Å². The van der Waals surface area contributed by atoms with Gasteiger partial charge in [-0.25, -0.2) is 0 Å². The Kier molecular flexibility index (Phi) is 5.24. The molecule has 0 bridgehead atoms. The monoisotopic (exact) mass is 332 g/mol. The Morgan fingerprint density at radius 3 is 2.08 bits per heavy atom. The van der Waals surface area contributed by atoms with E-state index in [9.17, 15) is 4.79 Å². The maximum absolute atomic E-state index is 12.5. The highest BCUT2D eigenvalue weighted by atomic mass is 16.6. The molecule has 1 aliphatic carbocycles. The van der Waals surface area contributed by atoms with Crippen molar-refractivity contribution in [3.05, 3.63) is 59.7 Å². The Morgan fingerprint density at radius 1 is 0.960 bits per heavy atom. The minimum atomic E-state index is -1.10. The van der Waals surface area contributed by atoms with Crippen LogP contribution in [-0.4, -0.2) is 5.97 Å². The fourth-order valence-corrected chi connectivity index (χ4v) is 3.58. The second kappa shape index (κ2) is 7.57. The molecule has 0 aliphatic heterocycles. The summed E-state index contributed by atoms with van der Waals surface area (Å²) in [5, 5.41) is 0. The van der Waals surface area contributed by atoms with Crippen molar-refractivity contribution in [1.29, 1.82) is 0 Å². The van der Waals surface area contributed by atoms with Crippen molar-refractivity contribution in [3.8, 4) is 23.5 Å². The molecule has 0 aromatic heterocycles. The third-order valence-corrected chi connectivity index (χ3v) is 4.86. The van der Waals surface area contributed by atoms with E-state index in [4.69, 9.17) is 11.2 Å². The van der Waals surface area contributed by atoms with Crippen LogP contribution < -0.4 is 0 Å². The van der Waals surface area contributed by atoms with Crippen molar-refractivity contribution < 1.29 is 9.53 Å². The van der Waals surface area contributed by atoms with Gasteiger partial charge in [0.15, 0.2) is 0 Å². The highest BCUT2D eigenvalue weighted by Crippen LogP contribution is 2.49. The number of ether oxygens (including phenoxy) is 1. The van der Waals surface area contributed by atoms with Gasteiger partial charge in [0.1, 0.15) is 0 Å². The zero-order valence-corrected chi connectivity index (χ0v) is 14.8. The maximum Gasteiger partial charge on any atom is 0.307 e. The third kappa shape index (κ3) is 3.20. The average molecular weight is 332 g/mol. The largest absolute Gasteiger partial charge is 0.437 e. The number of hydrogen-bond acceptors (Lipinski definition) is 2. The van der Waals surface area contributed by atoms with Gasteiger partial charge >= 0.3 is 5.97 Å². The lowest BCUT2D eigenvalue weighted by Gasteiger charge is -2.26. The molecule has 0 heterocycles. The van der Waals surface area contributed by atoms with E-state index in [2.05, 4.69) is 12.8 Å². The molecule has 25 heavy (non-hydrogen) atoms. The summed E-state index contributed by atoms with van der Waals surface area (Å²) in [5.74, 6) is 2.57. The van der Waals surface area contributed by atoms with Crippen molar-refractivity contribution in [2.45, 2.75) is 51.0 Å². The van der Waals surface area contributed by atoms with Crippen molar-refractivity contribution in [3.63, 3.8) is 0 Å². The Hall–Kier alpha value is -2.53. The molecule has 3 rings (SSSR count). The van der Waals surface area contributed by atoms with Crippen molar-refractivity contribution in [2.24, 2.45) is 0 Å². The molecular formula is C23H24O2. The SMILES string of the molecule is C#CC1(OC(=O)CCCCCCC)c2ccccc2-c2ccccc21. The van der Waals surface area contributed by atoms with E-state index in [1.165, 1.54) is 12.8 Å². The molecule has 2 nitrogen and oxygen atoms in total. The number of rotatable bonds is 7. The molecule has 1 aliphatic rings. The minimum absolute atomic E-state index is 0.221. The molecule has 2 aromatic rings. The number of fused-ring (bicyclic) bond motifs is 3. The van der Waals surface area contributed by atoms with Gasteiger partial charge in [0.2, 0.25) is 5.60 Å². The summed E-state index contributed by atoms with van der Waals surface area (Å²) in [7, 11) is 0. The fraction of sp³-hybridized carbons (Fsp3) is 0.348. The summed E-state index contributed by atoms with van der Waals surface area (Å²) in [4.78, 5) is 12.5. The smallest absolute Gasteiger partial charge is 0.307 e. The second-order valence-electron chi connectivity index (χ2n) is 6.55. The van der Waals surface area contributed by atoms with Crippen LogP contribution in [0, 0.1) is 12.3 Å². The fourth-order valence-electron chi connectivity index (χ4n) is 3.58. The standard InChI is InChI=1S/C23H24O2/c1-3-5-6-7-8-17-22(24)25-23(4-2)20-15-11-9-13-18(20)19-14-10-12-16-21(19)23/h2,9-16H,3,5-8,17H2,1H3. The van der Waals surface area contributed by atoms with Gasteiger partial charge in [-0.1, -0.05) is 81.1 Å². The first-order valence-electron chi connectivity index (χ1n) is 9.12. The van der Waals surface area contributed by atoms with E-state index in [0.29, 0.717) is 6.42 Å². The van der Waals surface area contributed by atoms with Crippen LogP contribution in [0.4, 0.5) is 0 Å². The molecule has 0 fully saturated rings. The Labute approximate surface area is 150 Å². The van der Waals surface area contributed by atoms with Crippen LogP contribution in [0.25, 0.3) is 11.1 Å². The Bertz CT molecular complexity index is 752. The third-order valence-electron chi connectivity index (χ3n) is 4.86. The van der Waals surface area contributed by atoms with Gasteiger partial charge < -0.3 is 4.74 Å². The van der Waals surface area contributed by atoms with Crippen molar-refractivity contribution >= 4 is 5.97 Å². The van der Waals surface area contributed by atoms with Crippen LogP contribution in [-0.2, 0) is 15.1 Å². The van der Waals surface area contributed by atoms with Gasteiger partial charge in [0.25, 0.3) is 0 Å². The summed E-state index contributed by atoms with van der Waals surface area (Å²) in [6, 6.07) is 15.8. The number of benzene rings is 2. The predicted octanol–water partition coefficient (Wildman–Crippen LogP) is 5.45. The van der Waals surface area contributed by atoms with Gasteiger partial charge in [-0.05, 0) is 23.5 Å². The minimum Gasteiger partial charge on any atom is -0.437 e. The molecule has 0 N–H and O–H groups in total. The molecule has 0 amide bonds. The number of esters is 1. The number of carbonyl (C=O) groups is 1. The molecule has 2 heteroatoms. The van der Waals surface area contributed by atoms with Crippen LogP contribution in [0.3, 0.4) is 0 Å². The second-order valence-corrected chi connectivity index (χ2v) is 6.55. The lowest BCUT2D eigenvalue weighted by atomic mass is 9.92. The maximum atomic E-state index is 12.5. The molecule has 0 unspecified atom stereocenters. The summed E-state index contributed by atoms with van der Waals surface area (Å²) in [5.41, 5.74) is 2.77. The van der Waals surface area contributed by atoms with E-state index in [1.807, 2.05) is 48.5 Å². The average Bonchev–Trinajstić information content (AvgIpc) is 2.93. The number of terminal acetylenes is 1. The highest BCUT2D eigenvalue weighted by Gasteiger charge is 2.45. The van der Waals surface area contributed by atoms with Crippen LogP contribution in [0.1, 0.15) is 56.6 Å². The molecule has 0 spiro atoms. The molecule has 2 aromatic carbocycles. The Morgan fingerprint density at radius 2 is 1.52 bits per heavy atom. The Balaban J connectivity index is 1.83. The van der Waals surface area contributed by atoms with Crippen LogP contribution in [0.15, 0.2) is 48.5 Å². The molecule has 0 radical (unpaired) electrons.